The van der Waals surface area contributed by atoms with Crippen molar-refractivity contribution in [2.45, 2.75) is 70.8 Å². The fourth-order valence-corrected chi connectivity index (χ4v) is 4.32. The Labute approximate surface area is 167 Å². The molecule has 0 radical (unpaired) electrons. The lowest BCUT2D eigenvalue weighted by Gasteiger charge is -2.34. The number of imide groups is 1. The van der Waals surface area contributed by atoms with E-state index in [1.807, 2.05) is 24.3 Å². The maximum Gasteiger partial charge on any atom is 0.325 e. The molecule has 1 aromatic carbocycles. The largest absolute Gasteiger partial charge is 0.325 e. The molecule has 6 nitrogen and oxygen atoms in total. The number of nitrogens with one attached hydrogen (secondary N) is 2. The molecule has 1 aliphatic heterocycles. The third-order valence-electron chi connectivity index (χ3n) is 6.09. The van der Waals surface area contributed by atoms with Crippen molar-refractivity contribution in [2.75, 3.05) is 11.9 Å². The van der Waals surface area contributed by atoms with Gasteiger partial charge in [-0.1, -0.05) is 52.3 Å². The van der Waals surface area contributed by atoms with Crippen molar-refractivity contribution in [3.63, 3.8) is 0 Å². The minimum Gasteiger partial charge on any atom is -0.324 e. The van der Waals surface area contributed by atoms with E-state index in [2.05, 4.69) is 38.3 Å². The van der Waals surface area contributed by atoms with Crippen LogP contribution in [0.15, 0.2) is 24.3 Å². The molecule has 6 heteroatoms. The first-order valence-electron chi connectivity index (χ1n) is 10.2. The average Bonchev–Trinajstić information content (AvgIpc) is 2.86. The van der Waals surface area contributed by atoms with Gasteiger partial charge in [0.05, 0.1) is 0 Å². The maximum atomic E-state index is 13.0. The molecule has 0 unspecified atom stereocenters. The number of carbonyl (C=O) groups is 3. The van der Waals surface area contributed by atoms with E-state index in [0.717, 1.165) is 29.7 Å². The highest BCUT2D eigenvalue weighted by Gasteiger charge is 2.52. The van der Waals surface area contributed by atoms with Crippen LogP contribution in [0.3, 0.4) is 0 Å². The van der Waals surface area contributed by atoms with E-state index in [1.165, 1.54) is 0 Å². The summed E-state index contributed by atoms with van der Waals surface area (Å²) in [4.78, 5) is 39.1. The van der Waals surface area contributed by atoms with Gasteiger partial charge in [-0.05, 0) is 48.6 Å². The molecule has 0 aromatic heterocycles. The zero-order valence-electron chi connectivity index (χ0n) is 17.3. The van der Waals surface area contributed by atoms with Crippen molar-refractivity contribution in [1.29, 1.82) is 0 Å². The Morgan fingerprint density at radius 1 is 1.21 bits per heavy atom. The van der Waals surface area contributed by atoms with Gasteiger partial charge in [-0.3, -0.25) is 14.5 Å². The second-order valence-electron chi connectivity index (χ2n) is 9.10. The minimum absolute atomic E-state index is 0.132. The van der Waals surface area contributed by atoms with Gasteiger partial charge in [0.2, 0.25) is 5.91 Å². The number of para-hydroxylation sites is 1. The van der Waals surface area contributed by atoms with Gasteiger partial charge < -0.3 is 10.6 Å². The SMILES string of the molecule is CCC1CCC2(CC1)NC(=O)N(CC(=O)Nc1ccccc1C(C)(C)C)C2=O. The fourth-order valence-electron chi connectivity index (χ4n) is 4.32. The molecule has 3 rings (SSSR count). The summed E-state index contributed by atoms with van der Waals surface area (Å²) in [5.41, 5.74) is 0.777. The lowest BCUT2D eigenvalue weighted by atomic mass is 9.75. The molecule has 152 valence electrons. The Morgan fingerprint density at radius 3 is 2.46 bits per heavy atom. The van der Waals surface area contributed by atoms with E-state index >= 15 is 0 Å². The smallest absolute Gasteiger partial charge is 0.324 e. The number of nitrogens with zero attached hydrogens (tertiary/aromatic N) is 1. The molecule has 0 bridgehead atoms. The fraction of sp³-hybridized carbons (Fsp3) is 0.591. The van der Waals surface area contributed by atoms with Crippen LogP contribution in [0, 0.1) is 5.92 Å². The van der Waals surface area contributed by atoms with Crippen LogP contribution in [0.1, 0.15) is 65.4 Å². The number of rotatable bonds is 4. The Bertz CT molecular complexity index is 773. The van der Waals surface area contributed by atoms with Crippen molar-refractivity contribution in [3.05, 3.63) is 29.8 Å². The number of hydrogen-bond donors (Lipinski definition) is 2. The first kappa shape index (κ1) is 20.4. The van der Waals surface area contributed by atoms with Gasteiger partial charge in [0.15, 0.2) is 0 Å². The van der Waals surface area contributed by atoms with Crippen LogP contribution in [-0.4, -0.2) is 34.8 Å². The highest BCUT2D eigenvalue weighted by molar-refractivity contribution is 6.10. The molecule has 1 heterocycles. The second-order valence-corrected chi connectivity index (χ2v) is 9.10. The third kappa shape index (κ3) is 3.91. The normalized spacial score (nSPS) is 25.1. The van der Waals surface area contributed by atoms with E-state index in [1.54, 1.807) is 0 Å². The molecule has 1 saturated heterocycles. The van der Waals surface area contributed by atoms with Crippen molar-refractivity contribution in [1.82, 2.24) is 10.2 Å². The molecule has 1 aromatic rings. The third-order valence-corrected chi connectivity index (χ3v) is 6.09. The molecule has 1 saturated carbocycles. The predicted molar refractivity (Wildman–Crippen MR) is 109 cm³/mol. The summed E-state index contributed by atoms with van der Waals surface area (Å²) in [6, 6.07) is 7.16. The lowest BCUT2D eigenvalue weighted by molar-refractivity contribution is -0.135. The lowest BCUT2D eigenvalue weighted by Crippen LogP contribution is -2.49. The summed E-state index contributed by atoms with van der Waals surface area (Å²) in [5, 5.41) is 5.76. The van der Waals surface area contributed by atoms with Crippen LogP contribution in [-0.2, 0) is 15.0 Å². The molecule has 2 N–H and O–H groups in total. The minimum atomic E-state index is -0.813. The van der Waals surface area contributed by atoms with Crippen LogP contribution in [0.4, 0.5) is 10.5 Å². The van der Waals surface area contributed by atoms with Crippen molar-refractivity contribution < 1.29 is 14.4 Å². The van der Waals surface area contributed by atoms with Crippen LogP contribution in [0.25, 0.3) is 0 Å². The Balaban J connectivity index is 1.69. The Kier molecular flexibility index (Phi) is 5.50. The number of carbonyl (C=O) groups excluding carboxylic acids is 3. The predicted octanol–water partition coefficient (Wildman–Crippen LogP) is 3.81. The average molecular weight is 386 g/mol. The highest BCUT2D eigenvalue weighted by atomic mass is 16.2. The highest BCUT2D eigenvalue weighted by Crippen LogP contribution is 2.37. The first-order valence-corrected chi connectivity index (χ1v) is 10.2. The maximum absolute atomic E-state index is 13.0. The Morgan fingerprint density at radius 2 is 1.86 bits per heavy atom. The van der Waals surface area contributed by atoms with E-state index < -0.39 is 11.6 Å². The van der Waals surface area contributed by atoms with Crippen molar-refractivity contribution in [3.8, 4) is 0 Å². The van der Waals surface area contributed by atoms with Crippen LogP contribution >= 0.6 is 0 Å². The van der Waals surface area contributed by atoms with Crippen molar-refractivity contribution >= 4 is 23.5 Å². The molecule has 1 aliphatic carbocycles. The van der Waals surface area contributed by atoms with Crippen LogP contribution < -0.4 is 10.6 Å². The quantitative estimate of drug-likeness (QED) is 0.774. The molecular weight excluding hydrogens is 354 g/mol. The Hall–Kier alpha value is -2.37. The molecule has 2 aliphatic rings. The number of anilines is 1. The zero-order chi connectivity index (χ0) is 20.5. The molecule has 2 fully saturated rings. The van der Waals surface area contributed by atoms with Crippen LogP contribution in [0.2, 0.25) is 0 Å². The molecule has 4 amide bonds. The number of benzene rings is 1. The monoisotopic (exact) mass is 385 g/mol. The van der Waals surface area contributed by atoms with E-state index in [-0.39, 0.29) is 23.8 Å². The molecule has 28 heavy (non-hydrogen) atoms. The van der Waals surface area contributed by atoms with Gasteiger partial charge in [-0.15, -0.1) is 0 Å². The van der Waals surface area contributed by atoms with E-state index in [0.29, 0.717) is 24.4 Å². The van der Waals surface area contributed by atoms with Gasteiger partial charge in [0.1, 0.15) is 12.1 Å². The number of amides is 4. The van der Waals surface area contributed by atoms with Gasteiger partial charge in [-0.2, -0.15) is 0 Å². The number of urea groups is 1. The standard InChI is InChI=1S/C22H31N3O3/c1-5-15-10-12-22(13-11-15)19(27)25(20(28)24-22)14-18(26)23-17-9-7-6-8-16(17)21(2,3)4/h6-9,15H,5,10-14H2,1-4H3,(H,23,26)(H,24,28). The summed E-state index contributed by atoms with van der Waals surface area (Å²) in [6.07, 6.45) is 4.27. The van der Waals surface area contributed by atoms with E-state index in [4.69, 9.17) is 0 Å². The van der Waals surface area contributed by atoms with Gasteiger partial charge in [0, 0.05) is 5.69 Å². The molecular formula is C22H31N3O3. The first-order chi connectivity index (χ1) is 13.2. The summed E-state index contributed by atoms with van der Waals surface area (Å²) in [6.45, 7) is 8.12. The van der Waals surface area contributed by atoms with E-state index in [9.17, 15) is 14.4 Å². The summed E-state index contributed by atoms with van der Waals surface area (Å²) in [5.74, 6) is -0.00706. The summed E-state index contributed by atoms with van der Waals surface area (Å²) in [7, 11) is 0. The van der Waals surface area contributed by atoms with Gasteiger partial charge in [0.25, 0.3) is 5.91 Å². The molecule has 0 atom stereocenters. The van der Waals surface area contributed by atoms with Crippen molar-refractivity contribution in [2.24, 2.45) is 5.92 Å². The topological polar surface area (TPSA) is 78.5 Å². The summed E-state index contributed by atoms with van der Waals surface area (Å²) < 4.78 is 0. The molecule has 1 spiro atoms. The number of hydrogen-bond acceptors (Lipinski definition) is 3. The summed E-state index contributed by atoms with van der Waals surface area (Å²) >= 11 is 0. The van der Waals surface area contributed by atoms with Crippen LogP contribution in [0.5, 0.6) is 0 Å². The van der Waals surface area contributed by atoms with Gasteiger partial charge in [-0.25, -0.2) is 4.79 Å². The van der Waals surface area contributed by atoms with Gasteiger partial charge >= 0.3 is 6.03 Å². The second kappa shape index (κ2) is 7.57. The zero-order valence-corrected chi connectivity index (χ0v) is 17.3.